The van der Waals surface area contributed by atoms with E-state index in [1.165, 1.54) is 0 Å². The van der Waals surface area contributed by atoms with Crippen molar-refractivity contribution in [3.05, 3.63) is 43.8 Å². The molecule has 0 saturated carbocycles. The highest BCUT2D eigenvalue weighted by Crippen LogP contribution is 2.35. The molecule has 0 aliphatic rings. The van der Waals surface area contributed by atoms with Gasteiger partial charge in [0.2, 0.25) is 0 Å². The minimum Gasteiger partial charge on any atom is -0.378 e. The quantitative estimate of drug-likeness (QED) is 0.739. The van der Waals surface area contributed by atoms with E-state index in [4.69, 9.17) is 0 Å². The van der Waals surface area contributed by atoms with Crippen LogP contribution in [-0.4, -0.2) is 4.98 Å². The van der Waals surface area contributed by atoms with E-state index < -0.39 is 11.7 Å². The Balaban J connectivity index is 2.27. The van der Waals surface area contributed by atoms with Gasteiger partial charge in [0.25, 0.3) is 0 Å². The Bertz CT molecular complexity index is 652. The van der Waals surface area contributed by atoms with Crippen LogP contribution < -0.4 is 5.32 Å². The van der Waals surface area contributed by atoms with Gasteiger partial charge in [-0.3, -0.25) is 0 Å². The lowest BCUT2D eigenvalue weighted by Crippen LogP contribution is -2.09. The van der Waals surface area contributed by atoms with Crippen LogP contribution in [-0.2, 0) is 6.18 Å². The third-order valence-corrected chi connectivity index (χ3v) is 4.65. The van der Waals surface area contributed by atoms with Crippen LogP contribution in [0.4, 0.5) is 18.9 Å². The molecule has 0 aliphatic heterocycles. The summed E-state index contributed by atoms with van der Waals surface area (Å²) in [5.41, 5.74) is 0.655. The fraction of sp³-hybridized carbons (Fsp3) is 0.357. The van der Waals surface area contributed by atoms with Crippen molar-refractivity contribution in [1.29, 1.82) is 0 Å². The van der Waals surface area contributed by atoms with Crippen LogP contribution in [0, 0.1) is 13.8 Å². The van der Waals surface area contributed by atoms with E-state index in [1.807, 2.05) is 20.8 Å². The van der Waals surface area contributed by atoms with Crippen molar-refractivity contribution >= 4 is 33.0 Å². The van der Waals surface area contributed by atoms with E-state index in [-0.39, 0.29) is 6.04 Å². The van der Waals surface area contributed by atoms with Gasteiger partial charge in [-0.05, 0) is 39.0 Å². The number of anilines is 1. The molecule has 0 spiro atoms. The van der Waals surface area contributed by atoms with Crippen molar-refractivity contribution in [3.63, 3.8) is 0 Å². The second kappa shape index (κ2) is 5.96. The maximum absolute atomic E-state index is 12.8. The van der Waals surface area contributed by atoms with E-state index in [0.717, 1.165) is 27.7 Å². The Morgan fingerprint density at radius 2 is 1.90 bits per heavy atom. The number of halogens is 4. The molecule has 2 rings (SSSR count). The summed E-state index contributed by atoms with van der Waals surface area (Å²) in [6.07, 6.45) is -4.36. The SMILES string of the molecule is Cc1nc(C)c(C(C)Nc2cc(Br)cc(C(F)(F)F)c2)s1. The molecule has 0 bridgehead atoms. The Hall–Kier alpha value is -1.08. The third-order valence-electron chi connectivity index (χ3n) is 2.94. The molecule has 1 atom stereocenters. The number of thiazole rings is 1. The number of benzene rings is 1. The summed E-state index contributed by atoms with van der Waals surface area (Å²) in [7, 11) is 0. The lowest BCUT2D eigenvalue weighted by Gasteiger charge is -2.16. The highest BCUT2D eigenvalue weighted by Gasteiger charge is 2.31. The van der Waals surface area contributed by atoms with Crippen molar-refractivity contribution < 1.29 is 13.2 Å². The minimum absolute atomic E-state index is 0.105. The largest absolute Gasteiger partial charge is 0.416 e. The summed E-state index contributed by atoms with van der Waals surface area (Å²) in [5, 5.41) is 4.05. The first-order valence-corrected chi connectivity index (χ1v) is 7.86. The Labute approximate surface area is 133 Å². The smallest absolute Gasteiger partial charge is 0.378 e. The van der Waals surface area contributed by atoms with Gasteiger partial charge in [-0.25, -0.2) is 4.98 Å². The monoisotopic (exact) mass is 378 g/mol. The molecule has 0 aliphatic carbocycles. The second-order valence-corrected chi connectivity index (χ2v) is 6.93. The van der Waals surface area contributed by atoms with Gasteiger partial charge < -0.3 is 5.32 Å². The summed E-state index contributed by atoms with van der Waals surface area (Å²) in [4.78, 5) is 5.37. The van der Waals surface area contributed by atoms with Gasteiger partial charge in [0.05, 0.1) is 22.3 Å². The van der Waals surface area contributed by atoms with Crippen molar-refractivity contribution in [2.24, 2.45) is 0 Å². The van der Waals surface area contributed by atoms with Crippen LogP contribution in [0.15, 0.2) is 22.7 Å². The van der Waals surface area contributed by atoms with Crippen LogP contribution in [0.3, 0.4) is 0 Å². The third kappa shape index (κ3) is 3.97. The molecule has 0 radical (unpaired) electrons. The molecule has 0 amide bonds. The van der Waals surface area contributed by atoms with Gasteiger partial charge in [0, 0.05) is 15.0 Å². The van der Waals surface area contributed by atoms with Gasteiger partial charge in [-0.2, -0.15) is 13.2 Å². The molecule has 1 heterocycles. The molecule has 2 nitrogen and oxygen atoms in total. The molecular weight excluding hydrogens is 365 g/mol. The average Bonchev–Trinajstić information content (AvgIpc) is 2.66. The number of alkyl halides is 3. The summed E-state index contributed by atoms with van der Waals surface area (Å²) in [6.45, 7) is 5.72. The molecule has 114 valence electrons. The van der Waals surface area contributed by atoms with Crippen molar-refractivity contribution in [3.8, 4) is 0 Å². The predicted octanol–water partition coefficient (Wildman–Crippen LogP) is 5.71. The summed E-state index contributed by atoms with van der Waals surface area (Å²) in [5.74, 6) is 0. The molecule has 0 saturated heterocycles. The number of hydrogen-bond acceptors (Lipinski definition) is 3. The highest BCUT2D eigenvalue weighted by molar-refractivity contribution is 9.10. The Kier molecular flexibility index (Phi) is 4.63. The molecular formula is C14H14BrF3N2S. The van der Waals surface area contributed by atoms with Crippen LogP contribution in [0.2, 0.25) is 0 Å². The average molecular weight is 379 g/mol. The van der Waals surface area contributed by atoms with E-state index in [0.29, 0.717) is 10.2 Å². The number of nitrogens with zero attached hydrogens (tertiary/aromatic N) is 1. The number of nitrogens with one attached hydrogen (secondary N) is 1. The lowest BCUT2D eigenvalue weighted by molar-refractivity contribution is -0.137. The van der Waals surface area contributed by atoms with Gasteiger partial charge in [0.1, 0.15) is 0 Å². The van der Waals surface area contributed by atoms with Crippen molar-refractivity contribution in [2.45, 2.75) is 33.0 Å². The molecule has 0 fully saturated rings. The fourth-order valence-corrected chi connectivity index (χ4v) is 3.52. The summed E-state index contributed by atoms with van der Waals surface area (Å²) < 4.78 is 38.9. The maximum atomic E-state index is 12.8. The zero-order valence-corrected chi connectivity index (χ0v) is 14.1. The van der Waals surface area contributed by atoms with E-state index in [2.05, 4.69) is 26.2 Å². The molecule has 2 aromatic rings. The molecule has 1 aromatic heterocycles. The molecule has 7 heteroatoms. The first kappa shape index (κ1) is 16.3. The first-order chi connectivity index (χ1) is 9.66. The lowest BCUT2D eigenvalue weighted by atomic mass is 10.1. The highest BCUT2D eigenvalue weighted by atomic mass is 79.9. The zero-order chi connectivity index (χ0) is 15.8. The van der Waals surface area contributed by atoms with Crippen molar-refractivity contribution in [1.82, 2.24) is 4.98 Å². The number of aryl methyl sites for hydroxylation is 2. The zero-order valence-electron chi connectivity index (χ0n) is 11.7. The Morgan fingerprint density at radius 3 is 2.43 bits per heavy atom. The second-order valence-electron chi connectivity index (χ2n) is 4.77. The standard InChI is InChI=1S/C14H14BrF3N2S/c1-7-13(21-9(3)19-7)8(2)20-12-5-10(14(16,17)18)4-11(15)6-12/h4-6,8,20H,1-3H3. The predicted molar refractivity (Wildman–Crippen MR) is 82.8 cm³/mol. The Morgan fingerprint density at radius 1 is 1.24 bits per heavy atom. The molecule has 1 unspecified atom stereocenters. The van der Waals surface area contributed by atoms with Crippen molar-refractivity contribution in [2.75, 3.05) is 5.32 Å². The van der Waals surface area contributed by atoms with Crippen LogP contribution in [0.25, 0.3) is 0 Å². The fourth-order valence-electron chi connectivity index (χ4n) is 2.10. The normalized spacial score (nSPS) is 13.3. The van der Waals surface area contributed by atoms with E-state index in [1.54, 1.807) is 17.4 Å². The van der Waals surface area contributed by atoms with Gasteiger partial charge in [0.15, 0.2) is 0 Å². The molecule has 1 N–H and O–H groups in total. The van der Waals surface area contributed by atoms with Gasteiger partial charge >= 0.3 is 6.18 Å². The van der Waals surface area contributed by atoms with E-state index in [9.17, 15) is 13.2 Å². The number of aromatic nitrogens is 1. The first-order valence-electron chi connectivity index (χ1n) is 6.25. The minimum atomic E-state index is -4.36. The number of hydrogen-bond donors (Lipinski definition) is 1. The summed E-state index contributed by atoms with van der Waals surface area (Å²) in [6, 6.07) is 3.71. The topological polar surface area (TPSA) is 24.9 Å². The maximum Gasteiger partial charge on any atom is 0.416 e. The van der Waals surface area contributed by atoms with Gasteiger partial charge in [-0.1, -0.05) is 15.9 Å². The van der Waals surface area contributed by atoms with Gasteiger partial charge in [-0.15, -0.1) is 11.3 Å². The molecule has 21 heavy (non-hydrogen) atoms. The van der Waals surface area contributed by atoms with Crippen LogP contribution >= 0.6 is 27.3 Å². The molecule has 1 aromatic carbocycles. The van der Waals surface area contributed by atoms with Crippen LogP contribution in [0.5, 0.6) is 0 Å². The summed E-state index contributed by atoms with van der Waals surface area (Å²) >= 11 is 4.67. The van der Waals surface area contributed by atoms with E-state index >= 15 is 0 Å². The number of rotatable bonds is 3. The van der Waals surface area contributed by atoms with Crippen LogP contribution in [0.1, 0.15) is 34.1 Å².